The van der Waals surface area contributed by atoms with Crippen LogP contribution >= 0.6 is 6.72 Å². The van der Waals surface area contributed by atoms with Gasteiger partial charge in [-0.3, -0.25) is 13.9 Å². The highest BCUT2D eigenvalue weighted by molar-refractivity contribution is 8.07. The number of amides is 1. The normalized spacial score (nSPS) is 11.9. The Bertz CT molecular complexity index is 581. The van der Waals surface area contributed by atoms with Gasteiger partial charge in [-0.1, -0.05) is 5.16 Å². The van der Waals surface area contributed by atoms with Crippen LogP contribution in [0.2, 0.25) is 0 Å². The van der Waals surface area contributed by atoms with Gasteiger partial charge in [0.25, 0.3) is 0 Å². The van der Waals surface area contributed by atoms with E-state index in [1.54, 1.807) is 31.2 Å². The Hall–Kier alpha value is -1.47. The molecule has 1 aromatic carbocycles. The third kappa shape index (κ3) is 6.66. The van der Waals surface area contributed by atoms with Crippen molar-refractivity contribution in [3.63, 3.8) is 0 Å². The maximum Gasteiger partial charge on any atom is 0.433 e. The molecule has 0 aliphatic heterocycles. The number of carbonyl (C=O) groups is 1. The van der Waals surface area contributed by atoms with Crippen molar-refractivity contribution in [3.8, 4) is 5.75 Å². The van der Waals surface area contributed by atoms with Crippen molar-refractivity contribution in [1.29, 1.82) is 0 Å². The molecule has 23 heavy (non-hydrogen) atoms. The molecule has 0 spiro atoms. The van der Waals surface area contributed by atoms with E-state index < -0.39 is 12.8 Å². The van der Waals surface area contributed by atoms with Crippen LogP contribution in [0.15, 0.2) is 29.4 Å². The number of hydrogen-bond acceptors (Lipinski definition) is 7. The van der Waals surface area contributed by atoms with E-state index in [-0.39, 0.29) is 0 Å². The second-order valence-corrected chi connectivity index (χ2v) is 7.14. The summed E-state index contributed by atoms with van der Waals surface area (Å²) in [6.45, 7) is 3.43. The standard InChI is InChI=1S/C14H21N2O5PS/c1-5-18-22(23,19-6-2)21-13-9-7-12(8-10-13)11(3)16-20-14(17)15-4/h7-10H,5-6H2,1-4H3,(H,15,17)/b16-11+. The summed E-state index contributed by atoms with van der Waals surface area (Å²) < 4.78 is 16.5. The van der Waals surface area contributed by atoms with E-state index in [0.717, 1.165) is 5.56 Å². The maximum atomic E-state index is 11.0. The molecule has 0 atom stereocenters. The second-order valence-electron chi connectivity index (χ2n) is 4.20. The molecule has 1 amide bonds. The maximum absolute atomic E-state index is 11.0. The van der Waals surface area contributed by atoms with Crippen LogP contribution in [0, 0.1) is 0 Å². The van der Waals surface area contributed by atoms with Gasteiger partial charge in [0, 0.05) is 18.9 Å². The smallest absolute Gasteiger partial charge is 0.424 e. The van der Waals surface area contributed by atoms with Crippen molar-refractivity contribution in [3.05, 3.63) is 29.8 Å². The van der Waals surface area contributed by atoms with Gasteiger partial charge in [0.1, 0.15) is 5.75 Å². The minimum Gasteiger partial charge on any atom is -0.424 e. The average Bonchev–Trinajstić information content (AvgIpc) is 2.53. The van der Waals surface area contributed by atoms with Crippen molar-refractivity contribution in [2.24, 2.45) is 5.16 Å². The molecule has 0 bridgehead atoms. The predicted molar refractivity (Wildman–Crippen MR) is 92.4 cm³/mol. The number of hydrogen-bond donors (Lipinski definition) is 1. The van der Waals surface area contributed by atoms with E-state index in [4.69, 9.17) is 25.4 Å². The topological polar surface area (TPSA) is 78.4 Å². The number of nitrogens with zero attached hydrogens (tertiary/aromatic N) is 1. The van der Waals surface area contributed by atoms with Gasteiger partial charge < -0.3 is 9.84 Å². The predicted octanol–water partition coefficient (Wildman–Crippen LogP) is 3.44. The molecule has 0 aromatic heterocycles. The molecule has 1 aromatic rings. The van der Waals surface area contributed by atoms with Crippen molar-refractivity contribution < 1.29 is 23.2 Å². The zero-order valence-electron chi connectivity index (χ0n) is 13.6. The summed E-state index contributed by atoms with van der Waals surface area (Å²) in [5.41, 5.74) is 1.33. The molecule has 128 valence electrons. The van der Waals surface area contributed by atoms with Gasteiger partial charge in [-0.25, -0.2) is 4.79 Å². The van der Waals surface area contributed by atoms with E-state index >= 15 is 0 Å². The summed E-state index contributed by atoms with van der Waals surface area (Å²) in [5.74, 6) is 0.541. The van der Waals surface area contributed by atoms with Crippen LogP contribution in [0.5, 0.6) is 5.75 Å². The lowest BCUT2D eigenvalue weighted by molar-refractivity contribution is 0.153. The minimum absolute atomic E-state index is 0.415. The van der Waals surface area contributed by atoms with Crippen molar-refractivity contribution in [2.45, 2.75) is 20.8 Å². The molecular formula is C14H21N2O5PS. The second kappa shape index (κ2) is 9.62. The third-order valence-corrected chi connectivity index (χ3v) is 4.97. The van der Waals surface area contributed by atoms with Gasteiger partial charge in [0.2, 0.25) is 0 Å². The summed E-state index contributed by atoms with van der Waals surface area (Å²) >= 11 is 5.31. The van der Waals surface area contributed by atoms with Crippen LogP contribution in [0.25, 0.3) is 0 Å². The summed E-state index contributed by atoms with van der Waals surface area (Å²) in [6, 6.07) is 7.01. The largest absolute Gasteiger partial charge is 0.433 e. The average molecular weight is 360 g/mol. The van der Waals surface area contributed by atoms with E-state index in [9.17, 15) is 4.79 Å². The quantitative estimate of drug-likeness (QED) is 0.331. The summed E-state index contributed by atoms with van der Waals surface area (Å²) in [4.78, 5) is 15.6. The van der Waals surface area contributed by atoms with Crippen molar-refractivity contribution >= 4 is 30.3 Å². The molecule has 1 rings (SSSR count). The Morgan fingerprint density at radius 2 is 1.78 bits per heavy atom. The molecule has 0 radical (unpaired) electrons. The number of oxime groups is 1. The first-order chi connectivity index (χ1) is 10.9. The van der Waals surface area contributed by atoms with Gasteiger partial charge in [-0.2, -0.15) is 0 Å². The lowest BCUT2D eigenvalue weighted by Gasteiger charge is -2.21. The third-order valence-electron chi connectivity index (χ3n) is 2.53. The fourth-order valence-electron chi connectivity index (χ4n) is 1.50. The molecule has 0 aliphatic carbocycles. The van der Waals surface area contributed by atoms with Crippen LogP contribution in [-0.4, -0.2) is 32.1 Å². The van der Waals surface area contributed by atoms with Gasteiger partial charge in [-0.15, -0.1) is 0 Å². The van der Waals surface area contributed by atoms with E-state index in [1.165, 1.54) is 7.05 Å². The fourth-order valence-corrected chi connectivity index (χ4v) is 3.58. The van der Waals surface area contributed by atoms with E-state index in [0.29, 0.717) is 24.7 Å². The van der Waals surface area contributed by atoms with Crippen LogP contribution < -0.4 is 9.84 Å². The Morgan fingerprint density at radius 3 is 2.26 bits per heavy atom. The highest BCUT2D eigenvalue weighted by atomic mass is 32.5. The van der Waals surface area contributed by atoms with Gasteiger partial charge >= 0.3 is 12.8 Å². The zero-order valence-corrected chi connectivity index (χ0v) is 15.3. The molecule has 0 heterocycles. The number of carbonyl (C=O) groups excluding carboxylic acids is 1. The Morgan fingerprint density at radius 1 is 1.22 bits per heavy atom. The van der Waals surface area contributed by atoms with Crippen LogP contribution in [0.1, 0.15) is 26.3 Å². The molecule has 0 aliphatic rings. The van der Waals surface area contributed by atoms with Gasteiger partial charge in [0.15, 0.2) is 0 Å². The van der Waals surface area contributed by atoms with Gasteiger partial charge in [-0.05, 0) is 50.6 Å². The summed E-state index contributed by atoms with van der Waals surface area (Å²) in [7, 11) is 1.46. The highest BCUT2D eigenvalue weighted by Gasteiger charge is 2.21. The first-order valence-corrected chi connectivity index (χ1v) is 9.62. The van der Waals surface area contributed by atoms with Crippen molar-refractivity contribution in [2.75, 3.05) is 20.3 Å². The van der Waals surface area contributed by atoms with Crippen LogP contribution in [-0.2, 0) is 25.7 Å². The highest BCUT2D eigenvalue weighted by Crippen LogP contribution is 2.49. The van der Waals surface area contributed by atoms with E-state index in [1.807, 2.05) is 13.8 Å². The number of benzene rings is 1. The summed E-state index contributed by atoms with van der Waals surface area (Å²) in [5, 5.41) is 6.04. The Labute approximate surface area is 141 Å². The Balaban J connectivity index is 2.79. The zero-order chi connectivity index (χ0) is 17.3. The molecule has 0 fully saturated rings. The molecule has 0 saturated carbocycles. The van der Waals surface area contributed by atoms with E-state index in [2.05, 4.69) is 15.3 Å². The molecular weight excluding hydrogens is 339 g/mol. The van der Waals surface area contributed by atoms with Crippen LogP contribution in [0.3, 0.4) is 0 Å². The number of nitrogens with one attached hydrogen (secondary N) is 1. The minimum atomic E-state index is -2.78. The molecule has 1 N–H and O–H groups in total. The molecule has 9 heteroatoms. The lowest BCUT2D eigenvalue weighted by Crippen LogP contribution is -2.17. The Kier molecular flexibility index (Phi) is 8.19. The fraction of sp³-hybridized carbons (Fsp3) is 0.429. The number of rotatable bonds is 8. The van der Waals surface area contributed by atoms with Gasteiger partial charge in [0.05, 0.1) is 18.9 Å². The SMILES string of the molecule is CCOP(=S)(OCC)Oc1ccc(/C(C)=N/OC(=O)NC)cc1. The lowest BCUT2D eigenvalue weighted by atomic mass is 10.1. The molecule has 0 unspecified atom stereocenters. The molecule has 7 nitrogen and oxygen atoms in total. The summed E-state index contributed by atoms with van der Waals surface area (Å²) in [6.07, 6.45) is -0.626. The monoisotopic (exact) mass is 360 g/mol. The van der Waals surface area contributed by atoms with Crippen LogP contribution in [0.4, 0.5) is 4.79 Å². The molecule has 0 saturated heterocycles. The first-order valence-electron chi connectivity index (χ1n) is 7.06. The van der Waals surface area contributed by atoms with Crippen molar-refractivity contribution in [1.82, 2.24) is 5.32 Å². The first kappa shape index (κ1) is 19.6.